The van der Waals surface area contributed by atoms with Crippen molar-refractivity contribution in [2.24, 2.45) is 11.7 Å². The predicted octanol–water partition coefficient (Wildman–Crippen LogP) is 0.0379. The lowest BCUT2D eigenvalue weighted by molar-refractivity contribution is 0.173. The number of aliphatic hydroxyl groups excluding tert-OH is 1. The van der Waals surface area contributed by atoms with Crippen molar-refractivity contribution in [1.82, 2.24) is 4.90 Å². The van der Waals surface area contributed by atoms with E-state index in [1.54, 1.807) is 0 Å². The summed E-state index contributed by atoms with van der Waals surface area (Å²) in [6.07, 6.45) is 2.61. The van der Waals surface area contributed by atoms with Crippen molar-refractivity contribution in [3.8, 4) is 0 Å². The van der Waals surface area contributed by atoms with Crippen molar-refractivity contribution in [2.45, 2.75) is 25.8 Å². The molecule has 0 aromatic rings. The Hall–Kier alpha value is -0.120. The summed E-state index contributed by atoms with van der Waals surface area (Å²) >= 11 is 0. The van der Waals surface area contributed by atoms with Crippen LogP contribution in [0.2, 0.25) is 0 Å². The van der Waals surface area contributed by atoms with Crippen LogP contribution in [0.15, 0.2) is 0 Å². The van der Waals surface area contributed by atoms with Crippen molar-refractivity contribution in [3.05, 3.63) is 0 Å². The van der Waals surface area contributed by atoms with Gasteiger partial charge in [0.25, 0.3) is 0 Å². The molecule has 1 unspecified atom stereocenters. The van der Waals surface area contributed by atoms with E-state index in [1.165, 1.54) is 12.8 Å². The second-order valence-electron chi connectivity index (χ2n) is 3.79. The molecule has 3 nitrogen and oxygen atoms in total. The molecule has 0 aromatic heterocycles. The van der Waals surface area contributed by atoms with E-state index in [0.717, 1.165) is 25.7 Å². The van der Waals surface area contributed by atoms with Crippen LogP contribution in [0.5, 0.6) is 0 Å². The SMILES string of the molecule is CC(CN)CN(CCO)C1CC1. The van der Waals surface area contributed by atoms with E-state index in [-0.39, 0.29) is 6.61 Å². The molecule has 1 saturated carbocycles. The maximum absolute atomic E-state index is 8.83. The summed E-state index contributed by atoms with van der Waals surface area (Å²) in [5, 5.41) is 8.83. The van der Waals surface area contributed by atoms with Gasteiger partial charge in [-0.15, -0.1) is 0 Å². The monoisotopic (exact) mass is 172 g/mol. The molecule has 72 valence electrons. The first-order valence-corrected chi connectivity index (χ1v) is 4.83. The fraction of sp³-hybridized carbons (Fsp3) is 1.00. The number of aliphatic hydroxyl groups is 1. The Morgan fingerprint density at radius 2 is 2.25 bits per heavy atom. The van der Waals surface area contributed by atoms with Gasteiger partial charge in [-0.25, -0.2) is 0 Å². The third kappa shape index (κ3) is 3.09. The molecule has 3 heteroatoms. The summed E-state index contributed by atoms with van der Waals surface area (Å²) in [4.78, 5) is 2.36. The zero-order valence-corrected chi connectivity index (χ0v) is 7.87. The number of rotatable bonds is 6. The average Bonchev–Trinajstić information content (AvgIpc) is 2.86. The lowest BCUT2D eigenvalue weighted by atomic mass is 10.1. The maximum atomic E-state index is 8.83. The van der Waals surface area contributed by atoms with Crippen LogP contribution in [0.25, 0.3) is 0 Å². The Balaban J connectivity index is 2.22. The van der Waals surface area contributed by atoms with Gasteiger partial charge in [-0.1, -0.05) is 6.92 Å². The summed E-state index contributed by atoms with van der Waals surface area (Å²) in [6.45, 7) is 5.03. The Morgan fingerprint density at radius 1 is 1.58 bits per heavy atom. The van der Waals surface area contributed by atoms with E-state index in [0.29, 0.717) is 5.92 Å². The second kappa shape index (κ2) is 4.80. The molecule has 12 heavy (non-hydrogen) atoms. The van der Waals surface area contributed by atoms with Crippen LogP contribution in [0.1, 0.15) is 19.8 Å². The number of nitrogens with two attached hydrogens (primary N) is 1. The van der Waals surface area contributed by atoms with Gasteiger partial charge in [-0.2, -0.15) is 0 Å². The Labute approximate surface area is 74.5 Å². The van der Waals surface area contributed by atoms with Crippen LogP contribution in [0.3, 0.4) is 0 Å². The maximum Gasteiger partial charge on any atom is 0.0558 e. The summed E-state index contributed by atoms with van der Waals surface area (Å²) in [6, 6.07) is 0.742. The Kier molecular flexibility index (Phi) is 3.98. The first kappa shape index (κ1) is 9.96. The summed E-state index contributed by atoms with van der Waals surface area (Å²) in [5.74, 6) is 0.553. The standard InChI is InChI=1S/C9H20N2O/c1-8(6-10)7-11(4-5-12)9-2-3-9/h8-9,12H,2-7,10H2,1H3. The number of hydrogen-bond donors (Lipinski definition) is 2. The van der Waals surface area contributed by atoms with Gasteiger partial charge in [0.2, 0.25) is 0 Å². The highest BCUT2D eigenvalue weighted by atomic mass is 16.3. The van der Waals surface area contributed by atoms with Crippen molar-refractivity contribution in [1.29, 1.82) is 0 Å². The van der Waals surface area contributed by atoms with E-state index in [1.807, 2.05) is 0 Å². The largest absolute Gasteiger partial charge is 0.395 e. The van der Waals surface area contributed by atoms with Gasteiger partial charge in [0, 0.05) is 19.1 Å². The van der Waals surface area contributed by atoms with Crippen LogP contribution in [0.4, 0.5) is 0 Å². The van der Waals surface area contributed by atoms with Gasteiger partial charge in [0.05, 0.1) is 6.61 Å². The lowest BCUT2D eigenvalue weighted by Crippen LogP contribution is -2.35. The molecule has 0 bridgehead atoms. The van der Waals surface area contributed by atoms with Crippen LogP contribution >= 0.6 is 0 Å². The Bertz CT molecular complexity index is 126. The van der Waals surface area contributed by atoms with Gasteiger partial charge in [0.15, 0.2) is 0 Å². The molecule has 3 N–H and O–H groups in total. The predicted molar refractivity (Wildman–Crippen MR) is 49.9 cm³/mol. The molecule has 0 aliphatic heterocycles. The molecule has 1 rings (SSSR count). The molecule has 0 amide bonds. The van der Waals surface area contributed by atoms with Gasteiger partial charge in [-0.3, -0.25) is 4.90 Å². The van der Waals surface area contributed by atoms with E-state index < -0.39 is 0 Å². The van der Waals surface area contributed by atoms with Crippen LogP contribution in [-0.2, 0) is 0 Å². The fourth-order valence-electron chi connectivity index (χ4n) is 1.47. The molecule has 1 fully saturated rings. The van der Waals surface area contributed by atoms with Crippen LogP contribution in [-0.4, -0.2) is 42.3 Å². The summed E-state index contributed by atoms with van der Waals surface area (Å²) < 4.78 is 0. The zero-order chi connectivity index (χ0) is 8.97. The topological polar surface area (TPSA) is 49.5 Å². The van der Waals surface area contributed by atoms with Gasteiger partial charge in [0.1, 0.15) is 0 Å². The molecular weight excluding hydrogens is 152 g/mol. The molecule has 0 saturated heterocycles. The van der Waals surface area contributed by atoms with Crippen molar-refractivity contribution >= 4 is 0 Å². The highest BCUT2D eigenvalue weighted by Crippen LogP contribution is 2.26. The zero-order valence-electron chi connectivity index (χ0n) is 7.87. The third-order valence-corrected chi connectivity index (χ3v) is 2.40. The van der Waals surface area contributed by atoms with E-state index in [2.05, 4.69) is 11.8 Å². The van der Waals surface area contributed by atoms with Crippen molar-refractivity contribution in [3.63, 3.8) is 0 Å². The molecule has 1 aliphatic carbocycles. The molecule has 0 radical (unpaired) electrons. The highest BCUT2D eigenvalue weighted by molar-refractivity contribution is 4.85. The quantitative estimate of drug-likeness (QED) is 0.594. The van der Waals surface area contributed by atoms with E-state index in [9.17, 15) is 0 Å². The molecular formula is C9H20N2O. The van der Waals surface area contributed by atoms with Crippen LogP contribution in [0, 0.1) is 5.92 Å². The van der Waals surface area contributed by atoms with E-state index >= 15 is 0 Å². The number of hydrogen-bond acceptors (Lipinski definition) is 3. The third-order valence-electron chi connectivity index (χ3n) is 2.40. The summed E-state index contributed by atoms with van der Waals surface area (Å²) in [5.41, 5.74) is 5.55. The van der Waals surface area contributed by atoms with Crippen LogP contribution < -0.4 is 5.73 Å². The number of nitrogens with zero attached hydrogens (tertiary/aromatic N) is 1. The molecule has 0 heterocycles. The molecule has 0 spiro atoms. The Morgan fingerprint density at radius 3 is 2.67 bits per heavy atom. The van der Waals surface area contributed by atoms with Gasteiger partial charge < -0.3 is 10.8 Å². The normalized spacial score (nSPS) is 20.0. The second-order valence-corrected chi connectivity index (χ2v) is 3.79. The smallest absolute Gasteiger partial charge is 0.0558 e. The minimum atomic E-state index is 0.272. The van der Waals surface area contributed by atoms with E-state index in [4.69, 9.17) is 10.8 Å². The summed E-state index contributed by atoms with van der Waals surface area (Å²) in [7, 11) is 0. The first-order valence-electron chi connectivity index (χ1n) is 4.83. The molecule has 0 aromatic carbocycles. The van der Waals surface area contributed by atoms with Gasteiger partial charge >= 0.3 is 0 Å². The molecule has 1 atom stereocenters. The average molecular weight is 172 g/mol. The minimum absolute atomic E-state index is 0.272. The highest BCUT2D eigenvalue weighted by Gasteiger charge is 2.28. The van der Waals surface area contributed by atoms with Crippen molar-refractivity contribution < 1.29 is 5.11 Å². The van der Waals surface area contributed by atoms with Gasteiger partial charge in [-0.05, 0) is 25.3 Å². The minimum Gasteiger partial charge on any atom is -0.395 e. The first-order chi connectivity index (χ1) is 5.77. The van der Waals surface area contributed by atoms with Crippen molar-refractivity contribution in [2.75, 3.05) is 26.2 Å². The molecule has 1 aliphatic rings. The lowest BCUT2D eigenvalue weighted by Gasteiger charge is -2.23. The fourth-order valence-corrected chi connectivity index (χ4v) is 1.47.